The fraction of sp³-hybridized carbons (Fsp3) is 0.100. The number of carbonyl (C=O) groups is 2. The van der Waals surface area contributed by atoms with Crippen molar-refractivity contribution in [1.82, 2.24) is 0 Å². The van der Waals surface area contributed by atoms with E-state index in [0.717, 1.165) is 11.8 Å². The summed E-state index contributed by atoms with van der Waals surface area (Å²) in [5.41, 5.74) is 11.1. The van der Waals surface area contributed by atoms with Gasteiger partial charge >= 0.3 is 0 Å². The van der Waals surface area contributed by atoms with Gasteiger partial charge in [-0.05, 0) is 24.3 Å². The number of nitrogens with one attached hydrogen (secondary N) is 2. The minimum absolute atomic E-state index is 0.0763. The third kappa shape index (κ3) is 4.56. The second-order valence-electron chi connectivity index (χ2n) is 3.14. The van der Waals surface area contributed by atoms with Gasteiger partial charge in [-0.25, -0.2) is 0 Å². The molecule has 0 aromatic heterocycles. The Balaban J connectivity index is 2.54. The van der Waals surface area contributed by atoms with Crippen LogP contribution in [-0.4, -0.2) is 22.7 Å². The van der Waals surface area contributed by atoms with E-state index in [0.29, 0.717) is 11.3 Å². The summed E-state index contributed by atoms with van der Waals surface area (Å²) >= 11 is 0.942. The van der Waals surface area contributed by atoms with E-state index in [1.807, 2.05) is 0 Å². The second-order valence-corrected chi connectivity index (χ2v) is 4.16. The molecule has 0 aliphatic rings. The average molecular weight is 252 g/mol. The SMILES string of the molecule is N=C(N)SCC(=O)Nc1ccc(C(N)=O)cc1. The summed E-state index contributed by atoms with van der Waals surface area (Å²) in [4.78, 5) is 22.2. The zero-order valence-corrected chi connectivity index (χ0v) is 9.71. The first-order valence-electron chi connectivity index (χ1n) is 4.65. The number of anilines is 1. The Morgan fingerprint density at radius 3 is 2.29 bits per heavy atom. The van der Waals surface area contributed by atoms with Crippen LogP contribution in [0.1, 0.15) is 10.4 Å². The molecule has 0 heterocycles. The highest BCUT2D eigenvalue weighted by molar-refractivity contribution is 8.14. The highest BCUT2D eigenvalue weighted by Crippen LogP contribution is 2.10. The van der Waals surface area contributed by atoms with Crippen LogP contribution < -0.4 is 16.8 Å². The average Bonchev–Trinajstić information content (AvgIpc) is 2.27. The summed E-state index contributed by atoms with van der Waals surface area (Å²) in [5.74, 6) is -0.709. The maximum Gasteiger partial charge on any atom is 0.248 e. The summed E-state index contributed by atoms with van der Waals surface area (Å²) in [6.07, 6.45) is 0. The molecule has 0 spiro atoms. The van der Waals surface area contributed by atoms with Gasteiger partial charge in [0.1, 0.15) is 0 Å². The molecular weight excluding hydrogens is 240 g/mol. The highest BCUT2D eigenvalue weighted by atomic mass is 32.2. The van der Waals surface area contributed by atoms with Gasteiger partial charge in [0, 0.05) is 11.3 Å². The van der Waals surface area contributed by atoms with E-state index in [1.54, 1.807) is 12.1 Å². The Labute approximate surface area is 102 Å². The Morgan fingerprint density at radius 1 is 1.24 bits per heavy atom. The standard InChI is InChI=1S/C10H12N4O2S/c11-9(16)6-1-3-7(4-2-6)14-8(15)5-17-10(12)13/h1-4H,5H2,(H2,11,16)(H3,12,13)(H,14,15). The minimum atomic E-state index is -0.519. The molecule has 17 heavy (non-hydrogen) atoms. The van der Waals surface area contributed by atoms with Gasteiger partial charge in [0.15, 0.2) is 5.17 Å². The van der Waals surface area contributed by atoms with Crippen molar-refractivity contribution in [3.63, 3.8) is 0 Å². The Kier molecular flexibility index (Phi) is 4.53. The zero-order chi connectivity index (χ0) is 12.8. The number of benzene rings is 1. The third-order valence-electron chi connectivity index (χ3n) is 1.81. The number of rotatable bonds is 4. The molecule has 1 aromatic carbocycles. The quantitative estimate of drug-likeness (QED) is 0.456. The monoisotopic (exact) mass is 252 g/mol. The maximum atomic E-state index is 11.4. The van der Waals surface area contributed by atoms with Gasteiger partial charge in [0.2, 0.25) is 11.8 Å². The molecule has 0 fully saturated rings. The normalized spacial score (nSPS) is 9.65. The number of primary amides is 1. The van der Waals surface area contributed by atoms with Gasteiger partial charge in [-0.15, -0.1) is 0 Å². The molecule has 7 heteroatoms. The van der Waals surface area contributed by atoms with Gasteiger partial charge in [-0.3, -0.25) is 15.0 Å². The molecular formula is C10H12N4O2S. The predicted octanol–water partition coefficient (Wildman–Crippen LogP) is 0.351. The summed E-state index contributed by atoms with van der Waals surface area (Å²) in [6, 6.07) is 6.21. The first kappa shape index (κ1) is 13.0. The van der Waals surface area contributed by atoms with Crippen LogP contribution in [0.2, 0.25) is 0 Å². The molecule has 6 nitrogen and oxygen atoms in total. The number of amides is 2. The predicted molar refractivity (Wildman–Crippen MR) is 68.0 cm³/mol. The fourth-order valence-corrected chi connectivity index (χ4v) is 1.42. The van der Waals surface area contributed by atoms with E-state index < -0.39 is 5.91 Å². The van der Waals surface area contributed by atoms with Crippen LogP contribution in [0.3, 0.4) is 0 Å². The number of amidine groups is 1. The summed E-state index contributed by atoms with van der Waals surface area (Å²) in [5, 5.41) is 9.44. The van der Waals surface area contributed by atoms with Crippen LogP contribution in [0.4, 0.5) is 5.69 Å². The lowest BCUT2D eigenvalue weighted by atomic mass is 10.2. The van der Waals surface area contributed by atoms with Gasteiger partial charge in [0.25, 0.3) is 0 Å². The van der Waals surface area contributed by atoms with Crippen LogP contribution >= 0.6 is 11.8 Å². The number of thioether (sulfide) groups is 1. The lowest BCUT2D eigenvalue weighted by Crippen LogP contribution is -2.17. The maximum absolute atomic E-state index is 11.4. The zero-order valence-electron chi connectivity index (χ0n) is 8.90. The van der Waals surface area contributed by atoms with E-state index in [1.165, 1.54) is 12.1 Å². The molecule has 0 unspecified atom stereocenters. The van der Waals surface area contributed by atoms with Gasteiger partial charge < -0.3 is 16.8 Å². The Morgan fingerprint density at radius 2 is 1.82 bits per heavy atom. The molecule has 1 rings (SSSR count). The van der Waals surface area contributed by atoms with E-state index in [9.17, 15) is 9.59 Å². The number of hydrogen-bond donors (Lipinski definition) is 4. The van der Waals surface area contributed by atoms with Gasteiger partial charge in [-0.2, -0.15) is 0 Å². The number of carbonyl (C=O) groups excluding carboxylic acids is 2. The Bertz CT molecular complexity index is 444. The number of hydrogen-bond acceptors (Lipinski definition) is 4. The van der Waals surface area contributed by atoms with Crippen molar-refractivity contribution < 1.29 is 9.59 Å². The molecule has 0 saturated carbocycles. The minimum Gasteiger partial charge on any atom is -0.379 e. The first-order chi connectivity index (χ1) is 7.99. The fourth-order valence-electron chi connectivity index (χ4n) is 1.06. The topological polar surface area (TPSA) is 122 Å². The highest BCUT2D eigenvalue weighted by Gasteiger charge is 2.04. The van der Waals surface area contributed by atoms with Crippen LogP contribution in [0, 0.1) is 5.41 Å². The van der Waals surface area contributed by atoms with E-state index >= 15 is 0 Å². The summed E-state index contributed by atoms with van der Waals surface area (Å²) in [6.45, 7) is 0. The lowest BCUT2D eigenvalue weighted by molar-refractivity contribution is -0.113. The lowest BCUT2D eigenvalue weighted by Gasteiger charge is -2.04. The molecule has 0 atom stereocenters. The molecule has 0 aliphatic carbocycles. The van der Waals surface area contributed by atoms with Crippen molar-refractivity contribution in [2.24, 2.45) is 11.5 Å². The Hall–Kier alpha value is -2.02. The summed E-state index contributed by atoms with van der Waals surface area (Å²) < 4.78 is 0. The molecule has 2 amide bonds. The van der Waals surface area contributed by atoms with Crippen LogP contribution in [0.15, 0.2) is 24.3 Å². The molecule has 6 N–H and O–H groups in total. The molecule has 0 radical (unpaired) electrons. The van der Waals surface area contributed by atoms with Crippen molar-refractivity contribution in [1.29, 1.82) is 5.41 Å². The molecule has 0 saturated heterocycles. The largest absolute Gasteiger partial charge is 0.379 e. The van der Waals surface area contributed by atoms with Crippen LogP contribution in [-0.2, 0) is 4.79 Å². The van der Waals surface area contributed by atoms with E-state index in [2.05, 4.69) is 5.32 Å². The smallest absolute Gasteiger partial charge is 0.248 e. The van der Waals surface area contributed by atoms with Crippen LogP contribution in [0.5, 0.6) is 0 Å². The van der Waals surface area contributed by atoms with Crippen molar-refractivity contribution in [2.75, 3.05) is 11.1 Å². The molecule has 0 bridgehead atoms. The van der Waals surface area contributed by atoms with Crippen molar-refractivity contribution in [3.8, 4) is 0 Å². The van der Waals surface area contributed by atoms with Crippen LogP contribution in [0.25, 0.3) is 0 Å². The van der Waals surface area contributed by atoms with Crippen molar-refractivity contribution in [2.45, 2.75) is 0 Å². The van der Waals surface area contributed by atoms with E-state index in [4.69, 9.17) is 16.9 Å². The first-order valence-corrected chi connectivity index (χ1v) is 5.64. The van der Waals surface area contributed by atoms with Crippen molar-refractivity contribution in [3.05, 3.63) is 29.8 Å². The summed E-state index contributed by atoms with van der Waals surface area (Å²) in [7, 11) is 0. The van der Waals surface area contributed by atoms with Gasteiger partial charge in [0.05, 0.1) is 5.75 Å². The van der Waals surface area contributed by atoms with Gasteiger partial charge in [-0.1, -0.05) is 11.8 Å². The third-order valence-corrected chi connectivity index (χ3v) is 2.53. The van der Waals surface area contributed by atoms with Crippen molar-refractivity contribution >= 4 is 34.4 Å². The second kappa shape index (κ2) is 5.90. The molecule has 90 valence electrons. The number of nitrogens with two attached hydrogens (primary N) is 2. The molecule has 1 aromatic rings. The molecule has 0 aliphatic heterocycles. The van der Waals surface area contributed by atoms with E-state index in [-0.39, 0.29) is 16.8 Å².